The number of hydrogen-bond donors (Lipinski definition) is 0. The van der Waals surface area contributed by atoms with Crippen LogP contribution in [0.1, 0.15) is 95.8 Å². The van der Waals surface area contributed by atoms with Gasteiger partial charge in [0.15, 0.2) is 0 Å². The molecule has 8 nitrogen and oxygen atoms in total. The molecule has 0 aromatic heterocycles. The van der Waals surface area contributed by atoms with Crippen molar-refractivity contribution >= 4 is 34.6 Å². The van der Waals surface area contributed by atoms with Gasteiger partial charge in [0, 0.05) is 30.8 Å². The summed E-state index contributed by atoms with van der Waals surface area (Å²) >= 11 is 0. The number of fused-ring (bicyclic) bond motifs is 6. The third kappa shape index (κ3) is 6.52. The number of carbonyl (C=O) groups is 4. The zero-order valence-electron chi connectivity index (χ0n) is 29.7. The van der Waals surface area contributed by atoms with Crippen LogP contribution in [0.2, 0.25) is 0 Å². The van der Waals surface area contributed by atoms with Gasteiger partial charge in [-0.1, -0.05) is 57.7 Å². The van der Waals surface area contributed by atoms with Crippen LogP contribution in [0.4, 0.5) is 0 Å². The zero-order valence-corrected chi connectivity index (χ0v) is 29.7. The van der Waals surface area contributed by atoms with Crippen LogP contribution in [0.25, 0.3) is 10.8 Å². The smallest absolute Gasteiger partial charge is 0.338 e. The van der Waals surface area contributed by atoms with E-state index in [1.54, 1.807) is 0 Å². The van der Waals surface area contributed by atoms with Crippen molar-refractivity contribution in [2.45, 2.75) is 104 Å². The van der Waals surface area contributed by atoms with E-state index in [1.165, 1.54) is 20.1 Å². The lowest BCUT2D eigenvalue weighted by Gasteiger charge is -2.64. The van der Waals surface area contributed by atoms with Gasteiger partial charge in [0.2, 0.25) is 0 Å². The van der Waals surface area contributed by atoms with E-state index < -0.39 is 5.97 Å². The van der Waals surface area contributed by atoms with Crippen LogP contribution in [-0.2, 0) is 33.3 Å². The number of benzene rings is 2. The average molecular weight is 673 g/mol. The first kappa shape index (κ1) is 35.2. The minimum absolute atomic E-state index is 0.0764. The molecule has 49 heavy (non-hydrogen) atoms. The minimum atomic E-state index is -0.414. The van der Waals surface area contributed by atoms with Gasteiger partial charge in [-0.3, -0.25) is 9.59 Å². The molecular formula is C41H52O8. The highest BCUT2D eigenvalue weighted by Crippen LogP contribution is 2.69. The molecule has 0 heterocycles. The number of carbonyl (C=O) groups excluding carboxylic acids is 4. The van der Waals surface area contributed by atoms with E-state index in [4.69, 9.17) is 18.9 Å². The monoisotopic (exact) mass is 672 g/mol. The Morgan fingerprint density at radius 2 is 1.69 bits per heavy atom. The summed E-state index contributed by atoms with van der Waals surface area (Å²) in [6.45, 7) is 11.9. The third-order valence-electron chi connectivity index (χ3n) is 13.5. The lowest BCUT2D eigenvalue weighted by atomic mass is 9.43. The predicted octanol–water partition coefficient (Wildman–Crippen LogP) is 7.86. The van der Waals surface area contributed by atoms with Crippen molar-refractivity contribution in [1.29, 1.82) is 0 Å². The van der Waals surface area contributed by atoms with Gasteiger partial charge < -0.3 is 18.9 Å². The van der Waals surface area contributed by atoms with Gasteiger partial charge in [0.25, 0.3) is 0 Å². The van der Waals surface area contributed by atoms with Crippen LogP contribution < -0.4 is 0 Å². The molecule has 4 fully saturated rings. The number of ether oxygens (including phenoxy) is 4. The summed E-state index contributed by atoms with van der Waals surface area (Å²) in [5.74, 6) is -0.274. The van der Waals surface area contributed by atoms with E-state index in [2.05, 4.69) is 27.4 Å². The Kier molecular flexibility index (Phi) is 9.98. The Labute approximate surface area is 290 Å². The van der Waals surface area contributed by atoms with Gasteiger partial charge >= 0.3 is 23.9 Å². The molecule has 0 N–H and O–H groups in total. The molecular weight excluding hydrogens is 620 g/mol. The van der Waals surface area contributed by atoms with Crippen molar-refractivity contribution in [2.75, 3.05) is 7.11 Å². The lowest BCUT2D eigenvalue weighted by Crippen LogP contribution is -2.63. The number of methoxy groups -OCH3 is 1. The maximum Gasteiger partial charge on any atom is 0.338 e. The molecule has 8 heteroatoms. The van der Waals surface area contributed by atoms with Gasteiger partial charge in [-0.2, -0.15) is 0 Å². The molecule has 264 valence electrons. The van der Waals surface area contributed by atoms with E-state index in [0.717, 1.165) is 36.5 Å². The molecule has 0 amide bonds. The van der Waals surface area contributed by atoms with Crippen LogP contribution >= 0.6 is 0 Å². The Bertz CT molecular complexity index is 1600. The van der Waals surface area contributed by atoms with Gasteiger partial charge in [0.1, 0.15) is 18.3 Å². The molecule has 0 spiro atoms. The molecule has 0 unspecified atom stereocenters. The van der Waals surface area contributed by atoms with Crippen molar-refractivity contribution in [3.8, 4) is 0 Å². The Morgan fingerprint density at radius 1 is 0.939 bits per heavy atom. The molecule has 0 aliphatic heterocycles. The maximum absolute atomic E-state index is 14.0. The second-order valence-corrected chi connectivity index (χ2v) is 15.7. The fraction of sp³-hybridized carbons (Fsp3) is 0.610. The van der Waals surface area contributed by atoms with Crippen LogP contribution in [0, 0.1) is 46.3 Å². The van der Waals surface area contributed by atoms with Crippen molar-refractivity contribution in [1.82, 2.24) is 0 Å². The van der Waals surface area contributed by atoms with Gasteiger partial charge in [-0.15, -0.1) is 0 Å². The maximum atomic E-state index is 14.0. The molecule has 0 bridgehead atoms. The summed E-state index contributed by atoms with van der Waals surface area (Å²) in [5.41, 5.74) is 0.0692. The molecule has 4 aliphatic carbocycles. The highest BCUT2D eigenvalue weighted by atomic mass is 16.6. The molecule has 4 saturated carbocycles. The van der Waals surface area contributed by atoms with Crippen molar-refractivity contribution < 1.29 is 38.1 Å². The summed E-state index contributed by atoms with van der Waals surface area (Å²) in [6, 6.07) is 13.7. The van der Waals surface area contributed by atoms with Crippen LogP contribution in [0.3, 0.4) is 0 Å². The SMILES string of the molecule is C=CC(=O)O[C@@H]1CC[C@@]2(C)[C@@H](C1)C[C@@H](OC(=O)c1ccc3ccccc3c1)[C@@H]1[C@@H]2C[C@H](OC(C)=O)[C@]2(C)[C@@H]([C@H](C)CCC(=O)OC)CC[C@@H]12. The molecule has 4 aliphatic rings. The summed E-state index contributed by atoms with van der Waals surface area (Å²) in [4.78, 5) is 51.1. The largest absolute Gasteiger partial charge is 0.469 e. The molecule has 0 radical (unpaired) electrons. The normalized spacial score (nSPS) is 35.5. The first-order valence-electron chi connectivity index (χ1n) is 18.2. The van der Waals surface area contributed by atoms with Gasteiger partial charge in [-0.05, 0) is 109 Å². The van der Waals surface area contributed by atoms with Gasteiger partial charge in [-0.25, -0.2) is 9.59 Å². The Morgan fingerprint density at radius 3 is 2.41 bits per heavy atom. The molecule has 11 atom stereocenters. The molecule has 2 aromatic rings. The Balaban J connectivity index is 1.36. The minimum Gasteiger partial charge on any atom is -0.469 e. The van der Waals surface area contributed by atoms with Crippen molar-refractivity contribution in [3.63, 3.8) is 0 Å². The van der Waals surface area contributed by atoms with Crippen molar-refractivity contribution in [2.24, 2.45) is 46.3 Å². The van der Waals surface area contributed by atoms with E-state index >= 15 is 0 Å². The number of rotatable bonds is 9. The molecule has 6 rings (SSSR count). The summed E-state index contributed by atoms with van der Waals surface area (Å²) < 4.78 is 23.7. The van der Waals surface area contributed by atoms with Gasteiger partial charge in [0.05, 0.1) is 12.7 Å². The second-order valence-electron chi connectivity index (χ2n) is 15.7. The van der Waals surface area contributed by atoms with Crippen molar-refractivity contribution in [3.05, 3.63) is 60.7 Å². The van der Waals surface area contributed by atoms with E-state index in [-0.39, 0.29) is 82.6 Å². The number of hydrogen-bond acceptors (Lipinski definition) is 8. The van der Waals surface area contributed by atoms with Crippen LogP contribution in [-0.4, -0.2) is 49.3 Å². The summed E-state index contributed by atoms with van der Waals surface area (Å²) in [6.07, 6.45) is 6.98. The first-order valence-corrected chi connectivity index (χ1v) is 18.2. The average Bonchev–Trinajstić information content (AvgIpc) is 3.45. The van der Waals surface area contributed by atoms with Crippen LogP contribution in [0.5, 0.6) is 0 Å². The Hall–Kier alpha value is -3.68. The topological polar surface area (TPSA) is 105 Å². The third-order valence-corrected chi connectivity index (χ3v) is 13.5. The quantitative estimate of drug-likeness (QED) is 0.151. The first-order chi connectivity index (χ1) is 23.4. The van der Waals surface area contributed by atoms with E-state index in [9.17, 15) is 19.2 Å². The zero-order chi connectivity index (χ0) is 35.1. The van der Waals surface area contributed by atoms with E-state index in [0.29, 0.717) is 37.7 Å². The van der Waals surface area contributed by atoms with E-state index in [1.807, 2.05) is 42.5 Å². The fourth-order valence-electron chi connectivity index (χ4n) is 11.1. The highest BCUT2D eigenvalue weighted by molar-refractivity contribution is 5.95. The van der Waals surface area contributed by atoms with Crippen LogP contribution in [0.15, 0.2) is 55.1 Å². The fourth-order valence-corrected chi connectivity index (χ4v) is 11.1. The highest BCUT2D eigenvalue weighted by Gasteiger charge is 2.67. The number of esters is 4. The lowest BCUT2D eigenvalue weighted by molar-refractivity contribution is -0.218. The predicted molar refractivity (Wildman–Crippen MR) is 185 cm³/mol. The second kappa shape index (κ2) is 13.9. The summed E-state index contributed by atoms with van der Waals surface area (Å²) in [7, 11) is 1.42. The molecule has 2 aromatic carbocycles. The molecule has 0 saturated heterocycles. The summed E-state index contributed by atoms with van der Waals surface area (Å²) in [5, 5.41) is 2.05. The standard InChI is InChI=1S/C41H52O8/c1-7-36(43)48-30-18-19-40(4)29(21-30)22-34(49-39(45)28-14-13-26-10-8-9-11-27(26)20-28)38-32-16-15-31(24(2)12-17-37(44)46-6)41(32,5)35(23-33(38)40)47-25(3)42/h7-11,13-14,20,24,29-35,38H,1,12,15-19,21-23H2,2-6H3/t24-,29+,30-,31-,32+,33+,34-,35+,38+,40+,41-/m1/s1.